The van der Waals surface area contributed by atoms with Crippen molar-refractivity contribution in [2.45, 2.75) is 39.0 Å². The van der Waals surface area contributed by atoms with Gasteiger partial charge in [0.2, 0.25) is 0 Å². The Balaban J connectivity index is 0.00000240. The topological polar surface area (TPSA) is 61.1 Å². The standard InChI is InChI=1S/C21H33N7.HI/c1-2-22-21(23-11-9-20-25-24-19-8-4-7-14-28(19)20)27-15-10-18(17-27)16-26-12-5-3-6-13-26;/h4,7-8,14,18H,2-3,5-6,9-13,15-17H2,1H3,(H,22,23);1H. The Hall–Kier alpha value is -1.42. The molecule has 7 nitrogen and oxygen atoms in total. The molecule has 29 heavy (non-hydrogen) atoms. The summed E-state index contributed by atoms with van der Waals surface area (Å²) in [5.74, 6) is 2.79. The number of hydrogen-bond donors (Lipinski definition) is 1. The fourth-order valence-electron chi connectivity index (χ4n) is 4.43. The predicted molar refractivity (Wildman–Crippen MR) is 128 cm³/mol. The molecule has 160 valence electrons. The van der Waals surface area contributed by atoms with Gasteiger partial charge in [-0.3, -0.25) is 9.39 Å². The first-order valence-corrected chi connectivity index (χ1v) is 10.9. The third-order valence-electron chi connectivity index (χ3n) is 5.87. The van der Waals surface area contributed by atoms with Gasteiger partial charge in [-0.1, -0.05) is 12.5 Å². The molecule has 1 unspecified atom stereocenters. The quantitative estimate of drug-likeness (QED) is 0.367. The molecule has 1 N–H and O–H groups in total. The summed E-state index contributed by atoms with van der Waals surface area (Å²) in [7, 11) is 0. The molecule has 0 aromatic carbocycles. The molecular formula is C21H34IN7. The normalized spacial score (nSPS) is 20.8. The lowest BCUT2D eigenvalue weighted by atomic mass is 10.1. The maximum Gasteiger partial charge on any atom is 0.193 e. The molecule has 4 rings (SSSR count). The highest BCUT2D eigenvalue weighted by Crippen LogP contribution is 2.20. The number of rotatable bonds is 6. The monoisotopic (exact) mass is 511 g/mol. The zero-order chi connectivity index (χ0) is 19.2. The van der Waals surface area contributed by atoms with E-state index in [1.165, 1.54) is 45.3 Å². The number of piperidine rings is 1. The zero-order valence-electron chi connectivity index (χ0n) is 17.5. The smallest absolute Gasteiger partial charge is 0.193 e. The molecule has 0 radical (unpaired) electrons. The summed E-state index contributed by atoms with van der Waals surface area (Å²) < 4.78 is 2.05. The lowest BCUT2D eigenvalue weighted by molar-refractivity contribution is 0.198. The summed E-state index contributed by atoms with van der Waals surface area (Å²) in [5, 5.41) is 12.0. The van der Waals surface area contributed by atoms with E-state index in [-0.39, 0.29) is 24.0 Å². The minimum atomic E-state index is 0. The molecule has 0 spiro atoms. The van der Waals surface area contributed by atoms with Crippen LogP contribution in [0.3, 0.4) is 0 Å². The summed E-state index contributed by atoms with van der Waals surface area (Å²) in [6.07, 6.45) is 8.24. The van der Waals surface area contributed by atoms with E-state index in [2.05, 4.69) is 32.2 Å². The number of halogens is 1. The molecule has 4 heterocycles. The van der Waals surface area contributed by atoms with Gasteiger partial charge in [0.15, 0.2) is 11.6 Å². The predicted octanol–water partition coefficient (Wildman–Crippen LogP) is 2.66. The van der Waals surface area contributed by atoms with E-state index in [4.69, 9.17) is 4.99 Å². The lowest BCUT2D eigenvalue weighted by Crippen LogP contribution is -2.41. The van der Waals surface area contributed by atoms with Crippen molar-refractivity contribution < 1.29 is 0 Å². The Morgan fingerprint density at radius 2 is 2.03 bits per heavy atom. The Morgan fingerprint density at radius 1 is 1.17 bits per heavy atom. The Bertz CT molecular complexity index is 784. The van der Waals surface area contributed by atoms with Crippen LogP contribution >= 0.6 is 24.0 Å². The molecule has 0 aliphatic carbocycles. The highest BCUT2D eigenvalue weighted by atomic mass is 127. The first kappa shape index (κ1) is 22.3. The Labute approximate surface area is 191 Å². The largest absolute Gasteiger partial charge is 0.357 e. The molecule has 0 bridgehead atoms. The van der Waals surface area contributed by atoms with Gasteiger partial charge >= 0.3 is 0 Å². The first-order valence-electron chi connectivity index (χ1n) is 10.9. The van der Waals surface area contributed by atoms with Crippen molar-refractivity contribution in [2.24, 2.45) is 10.9 Å². The van der Waals surface area contributed by atoms with Crippen molar-refractivity contribution >= 4 is 35.6 Å². The van der Waals surface area contributed by atoms with E-state index in [1.807, 2.05) is 28.8 Å². The molecule has 2 aromatic heterocycles. The second kappa shape index (κ2) is 11.1. The van der Waals surface area contributed by atoms with Gasteiger partial charge in [0, 0.05) is 45.3 Å². The van der Waals surface area contributed by atoms with Gasteiger partial charge in [-0.15, -0.1) is 34.2 Å². The van der Waals surface area contributed by atoms with Gasteiger partial charge in [0.25, 0.3) is 0 Å². The zero-order valence-corrected chi connectivity index (χ0v) is 19.8. The molecule has 2 aliphatic heterocycles. The average molecular weight is 511 g/mol. The highest BCUT2D eigenvalue weighted by molar-refractivity contribution is 14.0. The number of fused-ring (bicyclic) bond motifs is 1. The molecule has 0 saturated carbocycles. The molecule has 2 fully saturated rings. The van der Waals surface area contributed by atoms with Gasteiger partial charge in [0.05, 0.1) is 0 Å². The minimum absolute atomic E-state index is 0. The highest BCUT2D eigenvalue weighted by Gasteiger charge is 2.26. The molecular weight excluding hydrogens is 477 g/mol. The molecule has 2 aromatic rings. The van der Waals surface area contributed by atoms with Crippen molar-refractivity contribution in [1.29, 1.82) is 0 Å². The summed E-state index contributed by atoms with van der Waals surface area (Å²) in [5.41, 5.74) is 0.897. The van der Waals surface area contributed by atoms with Crippen LogP contribution in [0.4, 0.5) is 0 Å². The van der Waals surface area contributed by atoms with Crippen LogP contribution in [-0.2, 0) is 6.42 Å². The molecule has 0 amide bonds. The first-order chi connectivity index (χ1) is 13.8. The minimum Gasteiger partial charge on any atom is -0.357 e. The van der Waals surface area contributed by atoms with Crippen LogP contribution in [0.1, 0.15) is 38.4 Å². The number of hydrogen-bond acceptors (Lipinski definition) is 4. The van der Waals surface area contributed by atoms with Crippen LogP contribution in [0.2, 0.25) is 0 Å². The second-order valence-corrected chi connectivity index (χ2v) is 7.99. The number of likely N-dealkylation sites (tertiary alicyclic amines) is 2. The number of aromatic nitrogens is 3. The molecule has 8 heteroatoms. The van der Waals surface area contributed by atoms with Crippen LogP contribution in [0.15, 0.2) is 29.4 Å². The van der Waals surface area contributed by atoms with E-state index in [1.54, 1.807) is 0 Å². The summed E-state index contributed by atoms with van der Waals surface area (Å²) >= 11 is 0. The van der Waals surface area contributed by atoms with Crippen LogP contribution in [-0.4, -0.2) is 76.2 Å². The van der Waals surface area contributed by atoms with Gasteiger partial charge < -0.3 is 15.1 Å². The van der Waals surface area contributed by atoms with E-state index in [9.17, 15) is 0 Å². The van der Waals surface area contributed by atoms with Gasteiger partial charge in [0.1, 0.15) is 5.82 Å². The summed E-state index contributed by atoms with van der Waals surface area (Å²) in [4.78, 5) is 10.0. The molecule has 2 aliphatic rings. The Morgan fingerprint density at radius 3 is 2.86 bits per heavy atom. The third kappa shape index (κ3) is 5.81. The maximum atomic E-state index is 4.90. The van der Waals surface area contributed by atoms with Crippen molar-refractivity contribution in [3.63, 3.8) is 0 Å². The van der Waals surface area contributed by atoms with Crippen LogP contribution in [0, 0.1) is 5.92 Å². The Kier molecular flexibility index (Phi) is 8.53. The van der Waals surface area contributed by atoms with Gasteiger partial charge in [-0.25, -0.2) is 0 Å². The van der Waals surface area contributed by atoms with E-state index in [0.717, 1.165) is 55.9 Å². The summed E-state index contributed by atoms with van der Waals surface area (Å²) in [6, 6.07) is 5.99. The van der Waals surface area contributed by atoms with Gasteiger partial charge in [-0.05, 0) is 57.3 Å². The number of nitrogens with zero attached hydrogens (tertiary/aromatic N) is 6. The molecule has 2 saturated heterocycles. The van der Waals surface area contributed by atoms with Crippen molar-refractivity contribution in [1.82, 2.24) is 29.7 Å². The fourth-order valence-corrected chi connectivity index (χ4v) is 4.43. The van der Waals surface area contributed by atoms with Crippen molar-refractivity contribution in [2.75, 3.05) is 45.8 Å². The second-order valence-electron chi connectivity index (χ2n) is 7.99. The number of aliphatic imine (C=N–C) groups is 1. The molecule has 1 atom stereocenters. The number of nitrogens with one attached hydrogen (secondary N) is 1. The van der Waals surface area contributed by atoms with Crippen LogP contribution < -0.4 is 5.32 Å². The van der Waals surface area contributed by atoms with E-state index >= 15 is 0 Å². The number of pyridine rings is 1. The van der Waals surface area contributed by atoms with Crippen molar-refractivity contribution in [3.8, 4) is 0 Å². The third-order valence-corrected chi connectivity index (χ3v) is 5.87. The van der Waals surface area contributed by atoms with Gasteiger partial charge in [-0.2, -0.15) is 0 Å². The maximum absolute atomic E-state index is 4.90. The number of guanidine groups is 1. The van der Waals surface area contributed by atoms with E-state index in [0.29, 0.717) is 0 Å². The van der Waals surface area contributed by atoms with Crippen LogP contribution in [0.25, 0.3) is 5.65 Å². The van der Waals surface area contributed by atoms with Crippen molar-refractivity contribution in [3.05, 3.63) is 30.2 Å². The fraction of sp³-hybridized carbons (Fsp3) is 0.667. The SMILES string of the molecule is CCNC(=NCCc1nnc2ccccn12)N1CCC(CN2CCCCC2)C1.I. The van der Waals surface area contributed by atoms with Crippen LogP contribution in [0.5, 0.6) is 0 Å². The van der Waals surface area contributed by atoms with E-state index < -0.39 is 0 Å². The average Bonchev–Trinajstić information content (AvgIpc) is 3.35. The lowest BCUT2D eigenvalue weighted by Gasteiger charge is -2.29. The summed E-state index contributed by atoms with van der Waals surface area (Å²) in [6.45, 7) is 9.83.